The van der Waals surface area contributed by atoms with Gasteiger partial charge in [-0.1, -0.05) is 18.2 Å². The van der Waals surface area contributed by atoms with Gasteiger partial charge in [-0.3, -0.25) is 0 Å². The van der Waals surface area contributed by atoms with Crippen molar-refractivity contribution in [3.8, 4) is 0 Å². The number of alkyl halides is 1. The molecule has 3 atom stereocenters. The summed E-state index contributed by atoms with van der Waals surface area (Å²) < 4.78 is 54.6. The molecule has 1 aromatic carbocycles. The monoisotopic (exact) mass is 369 g/mol. The van der Waals surface area contributed by atoms with E-state index in [2.05, 4.69) is 4.72 Å². The standard InChI is InChI=1S/C18H21F2NO3S/c19-14-4-8-17(18(20)10-14)13-2-6-16(7-3-13)25(23,24)21-15-5-1-12(9-15)11-22/h2-4,6-8,12,14-15,21-22H,1,5,9-11H2/t12-,14?,15?/m0/s1. The average molecular weight is 369 g/mol. The van der Waals surface area contributed by atoms with Gasteiger partial charge in [0.25, 0.3) is 0 Å². The van der Waals surface area contributed by atoms with Gasteiger partial charge in [0, 0.05) is 24.6 Å². The van der Waals surface area contributed by atoms with Gasteiger partial charge in [0.05, 0.1) is 4.90 Å². The molecule has 0 aromatic heterocycles. The van der Waals surface area contributed by atoms with Crippen LogP contribution in [0.1, 0.15) is 31.2 Å². The van der Waals surface area contributed by atoms with Crippen LogP contribution in [-0.2, 0) is 10.0 Å². The van der Waals surface area contributed by atoms with Gasteiger partial charge < -0.3 is 5.11 Å². The van der Waals surface area contributed by atoms with Crippen molar-refractivity contribution in [3.05, 3.63) is 47.8 Å². The van der Waals surface area contributed by atoms with Crippen molar-refractivity contribution >= 4 is 15.6 Å². The molecule has 2 unspecified atom stereocenters. The topological polar surface area (TPSA) is 66.4 Å². The highest BCUT2D eigenvalue weighted by Gasteiger charge is 2.28. The molecule has 2 aliphatic carbocycles. The van der Waals surface area contributed by atoms with E-state index in [9.17, 15) is 17.2 Å². The highest BCUT2D eigenvalue weighted by molar-refractivity contribution is 7.89. The first-order chi connectivity index (χ1) is 11.9. The number of nitrogens with one attached hydrogen (secondary N) is 1. The quantitative estimate of drug-likeness (QED) is 0.838. The lowest BCUT2D eigenvalue weighted by molar-refractivity contribution is 0.228. The number of hydrogen-bond donors (Lipinski definition) is 2. The van der Waals surface area contributed by atoms with Crippen LogP contribution in [0.2, 0.25) is 0 Å². The third kappa shape index (κ3) is 4.16. The molecule has 3 rings (SSSR count). The Morgan fingerprint density at radius 2 is 1.92 bits per heavy atom. The van der Waals surface area contributed by atoms with Gasteiger partial charge in [-0.05, 0) is 49.0 Å². The maximum absolute atomic E-state index is 13.9. The van der Waals surface area contributed by atoms with Crippen LogP contribution in [0.15, 0.2) is 47.1 Å². The summed E-state index contributed by atoms with van der Waals surface area (Å²) >= 11 is 0. The Hall–Kier alpha value is -1.57. The molecular weight excluding hydrogens is 348 g/mol. The third-order valence-electron chi connectivity index (χ3n) is 4.74. The second-order valence-electron chi connectivity index (χ2n) is 6.60. The number of allylic oxidation sites excluding steroid dienone is 4. The maximum atomic E-state index is 13.9. The molecule has 0 radical (unpaired) electrons. The first-order valence-corrected chi connectivity index (χ1v) is 9.82. The molecule has 4 nitrogen and oxygen atoms in total. The number of halogens is 2. The Morgan fingerprint density at radius 3 is 2.52 bits per heavy atom. The fourth-order valence-corrected chi connectivity index (χ4v) is 4.63. The summed E-state index contributed by atoms with van der Waals surface area (Å²) in [5.41, 5.74) is 0.799. The van der Waals surface area contributed by atoms with Crippen molar-refractivity contribution in [2.24, 2.45) is 5.92 Å². The van der Waals surface area contributed by atoms with Crippen LogP contribution in [0.25, 0.3) is 5.57 Å². The molecule has 0 amide bonds. The zero-order chi connectivity index (χ0) is 18.0. The summed E-state index contributed by atoms with van der Waals surface area (Å²) in [6.45, 7) is 0.0703. The van der Waals surface area contributed by atoms with E-state index >= 15 is 0 Å². The second-order valence-corrected chi connectivity index (χ2v) is 8.32. The highest BCUT2D eigenvalue weighted by atomic mass is 32.2. The van der Waals surface area contributed by atoms with Crippen molar-refractivity contribution in [1.82, 2.24) is 4.72 Å². The first kappa shape index (κ1) is 18.2. The molecular formula is C18H21F2NO3S. The Balaban J connectivity index is 1.74. The van der Waals surface area contributed by atoms with Crippen molar-refractivity contribution in [3.63, 3.8) is 0 Å². The lowest BCUT2D eigenvalue weighted by Gasteiger charge is -2.15. The minimum Gasteiger partial charge on any atom is -0.396 e. The van der Waals surface area contributed by atoms with Gasteiger partial charge in [0.15, 0.2) is 0 Å². The van der Waals surface area contributed by atoms with Crippen LogP contribution < -0.4 is 4.72 Å². The minimum atomic E-state index is -3.66. The second kappa shape index (κ2) is 7.35. The van der Waals surface area contributed by atoms with Crippen LogP contribution in [0.5, 0.6) is 0 Å². The number of aliphatic hydroxyl groups is 1. The number of aliphatic hydroxyl groups excluding tert-OH is 1. The predicted molar refractivity (Wildman–Crippen MR) is 91.7 cm³/mol. The molecule has 0 aliphatic heterocycles. The molecule has 0 saturated heterocycles. The van der Waals surface area contributed by atoms with Gasteiger partial charge in [0.1, 0.15) is 12.0 Å². The molecule has 1 saturated carbocycles. The van der Waals surface area contributed by atoms with Crippen molar-refractivity contribution in [1.29, 1.82) is 0 Å². The first-order valence-electron chi connectivity index (χ1n) is 8.33. The summed E-state index contributed by atoms with van der Waals surface area (Å²) in [4.78, 5) is 0.105. The van der Waals surface area contributed by atoms with Crippen LogP contribution in [-0.4, -0.2) is 32.3 Å². The van der Waals surface area contributed by atoms with Gasteiger partial charge >= 0.3 is 0 Å². The summed E-state index contributed by atoms with van der Waals surface area (Å²) in [6.07, 6.45) is 3.21. The average Bonchev–Trinajstić information content (AvgIpc) is 3.02. The van der Waals surface area contributed by atoms with Crippen LogP contribution in [0, 0.1) is 5.92 Å². The van der Waals surface area contributed by atoms with Crippen LogP contribution in [0.3, 0.4) is 0 Å². The normalized spacial score (nSPS) is 27.1. The smallest absolute Gasteiger partial charge is 0.240 e. The van der Waals surface area contributed by atoms with Crippen molar-refractivity contribution < 1.29 is 22.3 Å². The molecule has 7 heteroatoms. The molecule has 0 heterocycles. The van der Waals surface area contributed by atoms with E-state index in [1.807, 2.05) is 0 Å². The van der Waals surface area contributed by atoms with E-state index in [1.54, 1.807) is 0 Å². The highest BCUT2D eigenvalue weighted by Crippen LogP contribution is 2.31. The molecule has 1 aromatic rings. The molecule has 0 bridgehead atoms. The largest absolute Gasteiger partial charge is 0.396 e. The number of benzene rings is 1. The zero-order valence-electron chi connectivity index (χ0n) is 13.7. The van der Waals surface area contributed by atoms with E-state index in [4.69, 9.17) is 5.11 Å². The fourth-order valence-electron chi connectivity index (χ4n) is 3.34. The van der Waals surface area contributed by atoms with Crippen molar-refractivity contribution in [2.75, 3.05) is 6.61 Å². The lowest BCUT2D eigenvalue weighted by Crippen LogP contribution is -2.33. The van der Waals surface area contributed by atoms with Gasteiger partial charge in [-0.25, -0.2) is 21.9 Å². The van der Waals surface area contributed by atoms with Crippen LogP contribution in [0.4, 0.5) is 8.78 Å². The zero-order valence-corrected chi connectivity index (χ0v) is 14.5. The van der Waals surface area contributed by atoms with E-state index < -0.39 is 22.0 Å². The Bertz CT molecular complexity index is 787. The third-order valence-corrected chi connectivity index (χ3v) is 6.27. The van der Waals surface area contributed by atoms with Gasteiger partial charge in [-0.15, -0.1) is 0 Å². The summed E-state index contributed by atoms with van der Waals surface area (Å²) in [7, 11) is -3.66. The molecule has 1 fully saturated rings. The van der Waals surface area contributed by atoms with E-state index in [0.717, 1.165) is 6.42 Å². The predicted octanol–water partition coefficient (Wildman–Crippen LogP) is 3.10. The minimum absolute atomic E-state index is 0.0703. The van der Waals surface area contributed by atoms with Gasteiger partial charge in [-0.2, -0.15) is 0 Å². The number of hydrogen-bond acceptors (Lipinski definition) is 3. The molecule has 2 aliphatic rings. The Labute approximate surface area is 146 Å². The number of rotatable bonds is 5. The van der Waals surface area contributed by atoms with E-state index in [-0.39, 0.29) is 35.5 Å². The SMILES string of the molecule is O=S(=O)(NC1CC[C@H](CO)C1)c1ccc(C2=C(F)CC(F)C=C2)cc1. The van der Waals surface area contributed by atoms with Gasteiger partial charge in [0.2, 0.25) is 10.0 Å². The molecule has 2 N–H and O–H groups in total. The summed E-state index contributed by atoms with van der Waals surface area (Å²) in [6, 6.07) is 5.72. The Morgan fingerprint density at radius 1 is 1.20 bits per heavy atom. The summed E-state index contributed by atoms with van der Waals surface area (Å²) in [5.74, 6) is -0.396. The van der Waals surface area contributed by atoms with E-state index in [1.165, 1.54) is 36.4 Å². The van der Waals surface area contributed by atoms with E-state index in [0.29, 0.717) is 18.4 Å². The van der Waals surface area contributed by atoms with Crippen molar-refractivity contribution in [2.45, 2.75) is 42.8 Å². The Kier molecular flexibility index (Phi) is 5.36. The fraction of sp³-hybridized carbons (Fsp3) is 0.444. The molecule has 0 spiro atoms. The summed E-state index contributed by atoms with van der Waals surface area (Å²) in [5, 5.41) is 9.15. The maximum Gasteiger partial charge on any atom is 0.240 e. The van der Waals surface area contributed by atoms with Crippen LogP contribution >= 0.6 is 0 Å². The lowest BCUT2D eigenvalue weighted by atomic mass is 9.98. The number of sulfonamides is 1. The molecule has 25 heavy (non-hydrogen) atoms. The molecule has 136 valence electrons.